The number of hydrogen-bond donors (Lipinski definition) is 1. The van der Waals surface area contributed by atoms with Gasteiger partial charge < -0.3 is 10.1 Å². The summed E-state index contributed by atoms with van der Waals surface area (Å²) in [6.07, 6.45) is 0. The minimum atomic E-state index is 0.181. The van der Waals surface area contributed by atoms with Gasteiger partial charge in [-0.1, -0.05) is 58.7 Å². The molecule has 3 heteroatoms. The van der Waals surface area contributed by atoms with Crippen molar-refractivity contribution in [2.75, 3.05) is 13.2 Å². The summed E-state index contributed by atoms with van der Waals surface area (Å²) in [6, 6.07) is 15.0. The molecule has 0 fully saturated rings. The second kappa shape index (κ2) is 7.62. The van der Waals surface area contributed by atoms with Gasteiger partial charge in [0.05, 0.1) is 12.6 Å². The van der Waals surface area contributed by atoms with Crippen LogP contribution in [0.4, 0.5) is 0 Å². The molecule has 1 N–H and O–H groups in total. The Balaban J connectivity index is 2.38. The molecule has 0 radical (unpaired) electrons. The molecule has 0 heterocycles. The molecule has 1 unspecified atom stereocenters. The number of rotatable bonds is 6. The SMILES string of the molecule is CCNC(c1cccc(C)c1)c1ccc(OCC)cc1Br. The standard InChI is InChI=1S/C18H22BrNO/c1-4-20-18(14-8-6-7-13(3)11-14)16-10-9-15(21-5-2)12-17(16)19/h6-12,18,20H,4-5H2,1-3H3. The van der Waals surface area contributed by atoms with Crippen LogP contribution in [0.3, 0.4) is 0 Å². The topological polar surface area (TPSA) is 21.3 Å². The van der Waals surface area contributed by atoms with E-state index in [1.54, 1.807) is 0 Å². The molecule has 0 aromatic heterocycles. The van der Waals surface area contributed by atoms with Crippen LogP contribution in [0.1, 0.15) is 36.6 Å². The van der Waals surface area contributed by atoms with Gasteiger partial charge in [0.1, 0.15) is 5.75 Å². The first kappa shape index (κ1) is 16.1. The number of nitrogens with one attached hydrogen (secondary N) is 1. The zero-order valence-electron chi connectivity index (χ0n) is 12.8. The number of benzene rings is 2. The molecule has 0 saturated heterocycles. The Hall–Kier alpha value is -1.32. The highest BCUT2D eigenvalue weighted by atomic mass is 79.9. The second-order valence-electron chi connectivity index (χ2n) is 5.02. The van der Waals surface area contributed by atoms with Gasteiger partial charge in [0.25, 0.3) is 0 Å². The Labute approximate surface area is 135 Å². The van der Waals surface area contributed by atoms with E-state index in [0.717, 1.165) is 16.8 Å². The van der Waals surface area contributed by atoms with Crippen LogP contribution in [0.2, 0.25) is 0 Å². The van der Waals surface area contributed by atoms with Crippen molar-refractivity contribution in [3.8, 4) is 5.75 Å². The lowest BCUT2D eigenvalue weighted by Crippen LogP contribution is -2.22. The van der Waals surface area contributed by atoms with Crippen LogP contribution >= 0.6 is 15.9 Å². The molecule has 0 aliphatic carbocycles. The first-order valence-corrected chi connectivity index (χ1v) is 8.17. The van der Waals surface area contributed by atoms with Crippen molar-refractivity contribution in [2.45, 2.75) is 26.8 Å². The van der Waals surface area contributed by atoms with E-state index in [1.807, 2.05) is 19.1 Å². The van der Waals surface area contributed by atoms with Gasteiger partial charge >= 0.3 is 0 Å². The second-order valence-corrected chi connectivity index (χ2v) is 5.88. The summed E-state index contributed by atoms with van der Waals surface area (Å²) in [7, 11) is 0. The largest absolute Gasteiger partial charge is 0.494 e. The fourth-order valence-corrected chi connectivity index (χ4v) is 3.05. The number of halogens is 1. The molecule has 21 heavy (non-hydrogen) atoms. The molecule has 2 aromatic rings. The van der Waals surface area contributed by atoms with Gasteiger partial charge in [0.15, 0.2) is 0 Å². The van der Waals surface area contributed by atoms with E-state index < -0.39 is 0 Å². The Bertz CT molecular complexity index is 598. The summed E-state index contributed by atoms with van der Waals surface area (Å²) in [4.78, 5) is 0. The van der Waals surface area contributed by atoms with Gasteiger partial charge in [-0.05, 0) is 43.7 Å². The van der Waals surface area contributed by atoms with E-state index in [-0.39, 0.29) is 6.04 Å². The quantitative estimate of drug-likeness (QED) is 0.805. The summed E-state index contributed by atoms with van der Waals surface area (Å²) in [5, 5.41) is 3.56. The van der Waals surface area contributed by atoms with Crippen molar-refractivity contribution in [3.05, 3.63) is 63.6 Å². The van der Waals surface area contributed by atoms with Gasteiger partial charge in [-0.15, -0.1) is 0 Å². The van der Waals surface area contributed by atoms with Gasteiger partial charge in [-0.3, -0.25) is 0 Å². The summed E-state index contributed by atoms with van der Waals surface area (Å²) in [5.41, 5.74) is 3.78. The maximum absolute atomic E-state index is 5.56. The normalized spacial score (nSPS) is 12.2. The third-order valence-corrected chi connectivity index (χ3v) is 4.06. The average Bonchev–Trinajstić information content (AvgIpc) is 2.46. The van der Waals surface area contributed by atoms with E-state index in [4.69, 9.17) is 4.74 Å². The number of hydrogen-bond acceptors (Lipinski definition) is 2. The van der Waals surface area contributed by atoms with Crippen molar-refractivity contribution in [1.29, 1.82) is 0 Å². The summed E-state index contributed by atoms with van der Waals surface area (Å²) >= 11 is 3.68. The van der Waals surface area contributed by atoms with Gasteiger partial charge in [-0.2, -0.15) is 0 Å². The molecule has 1 atom stereocenters. The van der Waals surface area contributed by atoms with Crippen LogP contribution in [0.5, 0.6) is 5.75 Å². The van der Waals surface area contributed by atoms with E-state index in [2.05, 4.69) is 65.4 Å². The van der Waals surface area contributed by atoms with E-state index in [0.29, 0.717) is 6.61 Å². The minimum absolute atomic E-state index is 0.181. The molecule has 0 spiro atoms. The minimum Gasteiger partial charge on any atom is -0.494 e. The first-order chi connectivity index (χ1) is 10.2. The summed E-state index contributed by atoms with van der Waals surface area (Å²) in [5.74, 6) is 0.896. The highest BCUT2D eigenvalue weighted by Crippen LogP contribution is 2.31. The smallest absolute Gasteiger partial charge is 0.120 e. The lowest BCUT2D eigenvalue weighted by molar-refractivity contribution is 0.340. The molecule has 0 aliphatic heterocycles. The van der Waals surface area contributed by atoms with Crippen molar-refractivity contribution in [2.24, 2.45) is 0 Å². The Morgan fingerprint density at radius 2 is 1.95 bits per heavy atom. The average molecular weight is 348 g/mol. The molecule has 2 nitrogen and oxygen atoms in total. The third kappa shape index (κ3) is 4.08. The molecule has 2 rings (SSSR count). The molecule has 112 valence electrons. The van der Waals surface area contributed by atoms with Crippen LogP contribution < -0.4 is 10.1 Å². The molecular formula is C18H22BrNO. The highest BCUT2D eigenvalue weighted by molar-refractivity contribution is 9.10. The maximum atomic E-state index is 5.56. The van der Waals surface area contributed by atoms with Crippen LogP contribution in [0.25, 0.3) is 0 Å². The lowest BCUT2D eigenvalue weighted by Gasteiger charge is -2.21. The van der Waals surface area contributed by atoms with Crippen LogP contribution in [-0.4, -0.2) is 13.2 Å². The van der Waals surface area contributed by atoms with E-state index >= 15 is 0 Å². The van der Waals surface area contributed by atoms with Gasteiger partial charge in [0, 0.05) is 4.47 Å². The predicted molar refractivity (Wildman–Crippen MR) is 92.0 cm³/mol. The number of aryl methyl sites for hydroxylation is 1. The fraction of sp³-hybridized carbons (Fsp3) is 0.333. The van der Waals surface area contributed by atoms with Crippen molar-refractivity contribution >= 4 is 15.9 Å². The summed E-state index contributed by atoms with van der Waals surface area (Å²) in [6.45, 7) is 7.85. The lowest BCUT2D eigenvalue weighted by atomic mass is 9.97. The molecule has 0 amide bonds. The molecule has 0 saturated carbocycles. The zero-order chi connectivity index (χ0) is 15.2. The molecule has 0 aliphatic rings. The fourth-order valence-electron chi connectivity index (χ4n) is 2.46. The summed E-state index contributed by atoms with van der Waals surface area (Å²) < 4.78 is 6.63. The Morgan fingerprint density at radius 3 is 2.57 bits per heavy atom. The first-order valence-electron chi connectivity index (χ1n) is 7.37. The molecular weight excluding hydrogens is 326 g/mol. The van der Waals surface area contributed by atoms with Crippen LogP contribution in [0.15, 0.2) is 46.9 Å². The van der Waals surface area contributed by atoms with Crippen molar-refractivity contribution < 1.29 is 4.74 Å². The Kier molecular flexibility index (Phi) is 5.83. The maximum Gasteiger partial charge on any atom is 0.120 e. The van der Waals surface area contributed by atoms with Crippen LogP contribution in [-0.2, 0) is 0 Å². The molecule has 0 bridgehead atoms. The van der Waals surface area contributed by atoms with Gasteiger partial charge in [-0.25, -0.2) is 0 Å². The molecule has 2 aromatic carbocycles. The van der Waals surface area contributed by atoms with Gasteiger partial charge in [0.2, 0.25) is 0 Å². The zero-order valence-corrected chi connectivity index (χ0v) is 14.4. The third-order valence-electron chi connectivity index (χ3n) is 3.38. The van der Waals surface area contributed by atoms with Crippen molar-refractivity contribution in [3.63, 3.8) is 0 Å². The number of ether oxygens (including phenoxy) is 1. The highest BCUT2D eigenvalue weighted by Gasteiger charge is 2.16. The van der Waals surface area contributed by atoms with Crippen molar-refractivity contribution in [1.82, 2.24) is 5.32 Å². The Morgan fingerprint density at radius 1 is 1.14 bits per heavy atom. The monoisotopic (exact) mass is 347 g/mol. The van der Waals surface area contributed by atoms with Crippen LogP contribution in [0, 0.1) is 6.92 Å². The van der Waals surface area contributed by atoms with E-state index in [9.17, 15) is 0 Å². The predicted octanol–water partition coefficient (Wildman–Crippen LogP) is 4.86. The van der Waals surface area contributed by atoms with E-state index in [1.165, 1.54) is 16.7 Å².